The molecule has 2 atom stereocenters. The second kappa shape index (κ2) is 4.63. The molecular formula is C13H26O2Si. The van der Waals surface area contributed by atoms with E-state index >= 15 is 0 Å². The number of rotatable bonds is 2. The molecule has 0 aliphatic heterocycles. The van der Waals surface area contributed by atoms with Gasteiger partial charge in [-0.25, -0.2) is 0 Å². The van der Waals surface area contributed by atoms with E-state index in [1.54, 1.807) is 0 Å². The van der Waals surface area contributed by atoms with Gasteiger partial charge in [0.2, 0.25) is 0 Å². The highest BCUT2D eigenvalue weighted by molar-refractivity contribution is 6.74. The van der Waals surface area contributed by atoms with Crippen molar-refractivity contribution < 1.29 is 9.53 Å². The van der Waals surface area contributed by atoms with Crippen molar-refractivity contribution in [2.45, 2.75) is 70.4 Å². The minimum Gasteiger partial charge on any atom is -0.414 e. The van der Waals surface area contributed by atoms with E-state index in [0.29, 0.717) is 0 Å². The van der Waals surface area contributed by atoms with Gasteiger partial charge >= 0.3 is 0 Å². The Morgan fingerprint density at radius 1 is 1.38 bits per heavy atom. The summed E-state index contributed by atoms with van der Waals surface area (Å²) < 4.78 is 6.30. The van der Waals surface area contributed by atoms with Gasteiger partial charge in [-0.05, 0) is 36.5 Å². The minimum atomic E-state index is -1.68. The first-order valence-corrected chi connectivity index (χ1v) is 9.08. The highest BCUT2D eigenvalue weighted by Gasteiger charge is 2.40. The van der Waals surface area contributed by atoms with Crippen molar-refractivity contribution in [3.63, 3.8) is 0 Å². The van der Waals surface area contributed by atoms with E-state index in [0.717, 1.165) is 24.8 Å². The van der Waals surface area contributed by atoms with E-state index in [2.05, 4.69) is 40.4 Å². The number of aliphatic hydroxyl groups excluding tert-OH is 1. The van der Waals surface area contributed by atoms with Gasteiger partial charge in [0.15, 0.2) is 8.32 Å². The molecule has 0 radical (unpaired) electrons. The van der Waals surface area contributed by atoms with Gasteiger partial charge < -0.3 is 9.53 Å². The van der Waals surface area contributed by atoms with Crippen molar-refractivity contribution in [3.8, 4) is 0 Å². The molecule has 1 fully saturated rings. The molecule has 1 aliphatic carbocycles. The van der Waals surface area contributed by atoms with Gasteiger partial charge in [-0.15, -0.1) is 0 Å². The molecule has 0 aromatic rings. The van der Waals surface area contributed by atoms with Gasteiger partial charge in [0.25, 0.3) is 0 Å². The molecule has 1 rings (SSSR count). The lowest BCUT2D eigenvalue weighted by molar-refractivity contribution is 0.0779. The Morgan fingerprint density at radius 3 is 2.38 bits per heavy atom. The summed E-state index contributed by atoms with van der Waals surface area (Å²) in [5, 5.41) is 10.0. The van der Waals surface area contributed by atoms with Crippen molar-refractivity contribution in [3.05, 3.63) is 12.2 Å². The monoisotopic (exact) mass is 242 g/mol. The zero-order valence-electron chi connectivity index (χ0n) is 11.3. The van der Waals surface area contributed by atoms with Gasteiger partial charge in [-0.2, -0.15) is 0 Å². The van der Waals surface area contributed by atoms with E-state index in [9.17, 15) is 5.11 Å². The summed E-state index contributed by atoms with van der Waals surface area (Å²) in [6.45, 7) is 15.2. The topological polar surface area (TPSA) is 29.5 Å². The zero-order valence-corrected chi connectivity index (χ0v) is 12.3. The lowest BCUT2D eigenvalue weighted by atomic mass is 9.91. The Morgan fingerprint density at radius 2 is 1.94 bits per heavy atom. The smallest absolute Gasteiger partial charge is 0.192 e. The minimum absolute atomic E-state index is 0.224. The van der Waals surface area contributed by atoms with E-state index in [1.807, 2.05) is 0 Å². The van der Waals surface area contributed by atoms with Crippen LogP contribution < -0.4 is 0 Å². The van der Waals surface area contributed by atoms with Crippen LogP contribution in [0.1, 0.15) is 40.0 Å². The van der Waals surface area contributed by atoms with Gasteiger partial charge in [-0.3, -0.25) is 0 Å². The van der Waals surface area contributed by atoms with Crippen LogP contribution in [0.2, 0.25) is 18.1 Å². The van der Waals surface area contributed by atoms with Crippen molar-refractivity contribution >= 4 is 8.32 Å². The molecule has 0 bridgehead atoms. The molecule has 0 aromatic carbocycles. The molecule has 0 saturated heterocycles. The summed E-state index contributed by atoms with van der Waals surface area (Å²) in [5.74, 6) is 0. The maximum atomic E-state index is 9.78. The van der Waals surface area contributed by atoms with Crippen LogP contribution in [0.3, 0.4) is 0 Å². The molecule has 3 heteroatoms. The molecule has 0 spiro atoms. The molecule has 1 unspecified atom stereocenters. The molecule has 0 aromatic heterocycles. The zero-order chi connectivity index (χ0) is 12.6. The number of hydrogen-bond donors (Lipinski definition) is 1. The maximum absolute atomic E-state index is 9.78. The fourth-order valence-corrected chi connectivity index (χ4v) is 3.15. The quantitative estimate of drug-likeness (QED) is 0.593. The Hall–Kier alpha value is -0.123. The summed E-state index contributed by atoms with van der Waals surface area (Å²) in [6, 6.07) is 0. The second-order valence-electron chi connectivity index (χ2n) is 6.45. The predicted octanol–water partition coefficient (Wildman–Crippen LogP) is 3.48. The van der Waals surface area contributed by atoms with E-state index < -0.39 is 8.32 Å². The van der Waals surface area contributed by atoms with Crippen LogP contribution in [0.5, 0.6) is 0 Å². The van der Waals surface area contributed by atoms with E-state index in [1.165, 1.54) is 0 Å². The fourth-order valence-electron chi connectivity index (χ4n) is 1.75. The van der Waals surface area contributed by atoms with Crippen LogP contribution in [0.4, 0.5) is 0 Å². The third-order valence-electron chi connectivity index (χ3n) is 4.01. The largest absolute Gasteiger partial charge is 0.414 e. The molecule has 1 saturated carbocycles. The first-order chi connectivity index (χ1) is 7.13. The maximum Gasteiger partial charge on any atom is 0.192 e. The Kier molecular flexibility index (Phi) is 4.03. The van der Waals surface area contributed by atoms with Gasteiger partial charge in [0, 0.05) is 12.5 Å². The lowest BCUT2D eigenvalue weighted by Gasteiger charge is -2.41. The lowest BCUT2D eigenvalue weighted by Crippen LogP contribution is -2.45. The average Bonchev–Trinajstić information content (AvgIpc) is 2.09. The molecule has 0 amide bonds. The second-order valence-corrected chi connectivity index (χ2v) is 11.2. The summed E-state index contributed by atoms with van der Waals surface area (Å²) >= 11 is 0. The fraction of sp³-hybridized carbons (Fsp3) is 0.846. The average molecular weight is 242 g/mol. The predicted molar refractivity (Wildman–Crippen MR) is 71.1 cm³/mol. The summed E-state index contributed by atoms with van der Waals surface area (Å²) in [6.07, 6.45) is 2.51. The normalized spacial score (nSPS) is 28.2. The Labute approximate surface area is 101 Å². The first kappa shape index (κ1) is 13.9. The van der Waals surface area contributed by atoms with Crippen molar-refractivity contribution in [2.24, 2.45) is 0 Å². The molecule has 0 heterocycles. The number of hydrogen-bond acceptors (Lipinski definition) is 2. The van der Waals surface area contributed by atoms with Gasteiger partial charge in [0.05, 0.1) is 6.10 Å². The highest BCUT2D eigenvalue weighted by atomic mass is 28.4. The van der Waals surface area contributed by atoms with Gasteiger partial charge in [-0.1, -0.05) is 27.4 Å². The van der Waals surface area contributed by atoms with Crippen LogP contribution in [-0.2, 0) is 4.43 Å². The Balaban J connectivity index is 2.59. The molecule has 2 nitrogen and oxygen atoms in total. The molecule has 1 aliphatic rings. The third-order valence-corrected chi connectivity index (χ3v) is 8.55. The molecule has 16 heavy (non-hydrogen) atoms. The van der Waals surface area contributed by atoms with Crippen LogP contribution >= 0.6 is 0 Å². The van der Waals surface area contributed by atoms with Crippen molar-refractivity contribution in [2.75, 3.05) is 0 Å². The van der Waals surface area contributed by atoms with Crippen LogP contribution in [0, 0.1) is 0 Å². The van der Waals surface area contributed by atoms with Crippen LogP contribution in [-0.4, -0.2) is 25.6 Å². The van der Waals surface area contributed by atoms with Crippen LogP contribution in [0.25, 0.3) is 0 Å². The third kappa shape index (κ3) is 3.19. The molecule has 1 N–H and O–H groups in total. The van der Waals surface area contributed by atoms with Crippen LogP contribution in [0.15, 0.2) is 12.2 Å². The SMILES string of the molecule is C=C1CCC(O[Si](C)(C)C(C)(C)C)C[C@@H]1O. The molecular weight excluding hydrogens is 216 g/mol. The van der Waals surface area contributed by atoms with Crippen molar-refractivity contribution in [1.29, 1.82) is 0 Å². The van der Waals surface area contributed by atoms with E-state index in [-0.39, 0.29) is 17.2 Å². The van der Waals surface area contributed by atoms with E-state index in [4.69, 9.17) is 4.43 Å². The summed E-state index contributed by atoms with van der Waals surface area (Å²) in [4.78, 5) is 0. The molecule has 94 valence electrons. The summed E-state index contributed by atoms with van der Waals surface area (Å²) in [5.41, 5.74) is 0.968. The van der Waals surface area contributed by atoms with Crippen molar-refractivity contribution in [1.82, 2.24) is 0 Å². The summed E-state index contributed by atoms with van der Waals surface area (Å²) in [7, 11) is -1.68. The number of aliphatic hydroxyl groups is 1. The Bertz CT molecular complexity index is 266. The first-order valence-electron chi connectivity index (χ1n) is 6.17. The van der Waals surface area contributed by atoms with Gasteiger partial charge in [0.1, 0.15) is 0 Å². The highest BCUT2D eigenvalue weighted by Crippen LogP contribution is 2.39. The standard InChI is InChI=1S/C13H26O2Si/c1-10-7-8-11(9-12(10)14)15-16(5,6)13(2,3)4/h11-12,14H,1,7-9H2,2-6H3/t11?,12-/m0/s1.